The molecule has 0 spiro atoms. The maximum Gasteiger partial charge on any atom is 0.302 e. The van der Waals surface area contributed by atoms with Gasteiger partial charge >= 0.3 is 11.9 Å². The molecule has 0 amide bonds. The molecule has 1 fully saturated rings. The fourth-order valence-corrected chi connectivity index (χ4v) is 2.63. The van der Waals surface area contributed by atoms with Crippen LogP contribution in [0.2, 0.25) is 0 Å². The van der Waals surface area contributed by atoms with Gasteiger partial charge in [0.05, 0.1) is 6.61 Å². The van der Waals surface area contributed by atoms with Crippen molar-refractivity contribution in [1.82, 2.24) is 0 Å². The number of carbonyl (C=O) groups excluding carboxylic acids is 2. The first-order valence-corrected chi connectivity index (χ1v) is 9.52. The fourth-order valence-electron chi connectivity index (χ4n) is 2.63. The lowest BCUT2D eigenvalue weighted by atomic mass is 9.99. The van der Waals surface area contributed by atoms with E-state index in [9.17, 15) is 24.9 Å². The lowest BCUT2D eigenvalue weighted by molar-refractivity contribution is -0.301. The van der Waals surface area contributed by atoms with Gasteiger partial charge in [-0.3, -0.25) is 9.59 Å². The molecule has 166 valence electrons. The summed E-state index contributed by atoms with van der Waals surface area (Å²) in [5.41, 5.74) is 1.87. The monoisotopic (exact) mass is 416 g/mol. The van der Waals surface area contributed by atoms with E-state index in [0.717, 1.165) is 17.6 Å². The molecule has 0 aromatic rings. The van der Waals surface area contributed by atoms with E-state index >= 15 is 0 Å². The molecular weight excluding hydrogens is 384 g/mol. The molecule has 0 aromatic heterocycles. The average molecular weight is 416 g/mol. The first kappa shape index (κ1) is 25.3. The molecule has 29 heavy (non-hydrogen) atoms. The van der Waals surface area contributed by atoms with Crippen molar-refractivity contribution in [3.8, 4) is 0 Å². The molecule has 5 atom stereocenters. The van der Waals surface area contributed by atoms with Crippen LogP contribution >= 0.6 is 0 Å². The van der Waals surface area contributed by atoms with Crippen LogP contribution in [0.3, 0.4) is 0 Å². The van der Waals surface area contributed by atoms with E-state index < -0.39 is 36.7 Å². The predicted molar refractivity (Wildman–Crippen MR) is 103 cm³/mol. The number of hydrogen-bond acceptors (Lipinski definition) is 9. The van der Waals surface area contributed by atoms with Crippen molar-refractivity contribution in [3.63, 3.8) is 0 Å². The van der Waals surface area contributed by atoms with Gasteiger partial charge < -0.3 is 34.3 Å². The minimum atomic E-state index is -1.48. The summed E-state index contributed by atoms with van der Waals surface area (Å²) in [6, 6.07) is 0. The molecule has 0 aliphatic carbocycles. The Balaban J connectivity index is 2.37. The SMILES string of the molecule is C=C(CC/C=C(/C)COC(C)=O)CCO[C@@H]1O[C@H](COC(C)=O)[C@@H](O)[C@H](O)[C@H]1O. The molecule has 1 saturated heterocycles. The van der Waals surface area contributed by atoms with Crippen LogP contribution in [0.4, 0.5) is 0 Å². The third kappa shape index (κ3) is 9.51. The van der Waals surface area contributed by atoms with E-state index in [1.54, 1.807) is 0 Å². The molecule has 9 nitrogen and oxygen atoms in total. The first-order chi connectivity index (χ1) is 13.6. The maximum atomic E-state index is 10.9. The van der Waals surface area contributed by atoms with Gasteiger partial charge in [0, 0.05) is 13.8 Å². The number of esters is 2. The predicted octanol–water partition coefficient (Wildman–Crippen LogP) is 0.610. The lowest BCUT2D eigenvalue weighted by Crippen LogP contribution is -2.59. The Labute approximate surface area is 170 Å². The highest BCUT2D eigenvalue weighted by Gasteiger charge is 2.44. The summed E-state index contributed by atoms with van der Waals surface area (Å²) in [7, 11) is 0. The zero-order valence-electron chi connectivity index (χ0n) is 17.2. The van der Waals surface area contributed by atoms with Crippen molar-refractivity contribution < 1.29 is 43.9 Å². The largest absolute Gasteiger partial charge is 0.463 e. The number of allylic oxidation sites excluding steroid dienone is 1. The Bertz CT molecular complexity index is 587. The molecule has 9 heteroatoms. The van der Waals surface area contributed by atoms with E-state index in [2.05, 4.69) is 6.58 Å². The van der Waals surface area contributed by atoms with Crippen LogP contribution in [0, 0.1) is 0 Å². The number of hydrogen-bond donors (Lipinski definition) is 3. The summed E-state index contributed by atoms with van der Waals surface area (Å²) in [5, 5.41) is 29.9. The molecule has 1 aliphatic heterocycles. The minimum absolute atomic E-state index is 0.194. The standard InChI is InChI=1S/C20H32O9/c1-12(6-5-7-13(2)10-27-14(3)21)8-9-26-20-19(25)18(24)17(23)16(29-20)11-28-15(4)22/h7,16-20,23-25H,1,5-6,8-11H2,2-4H3/b13-7-/t16-,17-,18+,19-,20-/m1/s1. The molecule has 0 saturated carbocycles. The third-order valence-corrected chi connectivity index (χ3v) is 4.35. The van der Waals surface area contributed by atoms with E-state index in [-0.39, 0.29) is 25.8 Å². The third-order valence-electron chi connectivity index (χ3n) is 4.35. The highest BCUT2D eigenvalue weighted by atomic mass is 16.7. The summed E-state index contributed by atoms with van der Waals surface area (Å²) in [6.07, 6.45) is -2.54. The van der Waals surface area contributed by atoms with Gasteiger partial charge in [-0.2, -0.15) is 0 Å². The molecule has 0 unspecified atom stereocenters. The molecule has 3 N–H and O–H groups in total. The number of carbonyl (C=O) groups is 2. The van der Waals surface area contributed by atoms with Crippen LogP contribution in [-0.4, -0.2) is 77.8 Å². The molecule has 0 radical (unpaired) electrons. The summed E-state index contributed by atoms with van der Waals surface area (Å²) in [5.74, 6) is -0.869. The average Bonchev–Trinajstić information content (AvgIpc) is 2.65. The number of aliphatic hydroxyl groups excluding tert-OH is 3. The van der Waals surface area contributed by atoms with Crippen molar-refractivity contribution in [3.05, 3.63) is 23.8 Å². The number of aliphatic hydroxyl groups is 3. The van der Waals surface area contributed by atoms with E-state index in [1.165, 1.54) is 13.8 Å². The van der Waals surface area contributed by atoms with E-state index in [0.29, 0.717) is 12.8 Å². The van der Waals surface area contributed by atoms with Gasteiger partial charge in [0.2, 0.25) is 0 Å². The number of rotatable bonds is 11. The van der Waals surface area contributed by atoms with Gasteiger partial charge in [0.25, 0.3) is 0 Å². The van der Waals surface area contributed by atoms with Crippen molar-refractivity contribution in [1.29, 1.82) is 0 Å². The van der Waals surface area contributed by atoms with Crippen molar-refractivity contribution in [2.75, 3.05) is 19.8 Å². The van der Waals surface area contributed by atoms with Crippen LogP contribution in [0.25, 0.3) is 0 Å². The zero-order valence-corrected chi connectivity index (χ0v) is 17.2. The van der Waals surface area contributed by atoms with Crippen LogP contribution in [0.1, 0.15) is 40.0 Å². The molecule has 0 aromatic carbocycles. The van der Waals surface area contributed by atoms with Gasteiger partial charge in [-0.1, -0.05) is 18.2 Å². The van der Waals surface area contributed by atoms with E-state index in [4.69, 9.17) is 18.9 Å². The van der Waals surface area contributed by atoms with Crippen LogP contribution in [-0.2, 0) is 28.5 Å². The normalized spacial score (nSPS) is 27.4. The summed E-state index contributed by atoms with van der Waals surface area (Å²) >= 11 is 0. The summed E-state index contributed by atoms with van der Waals surface area (Å²) in [4.78, 5) is 21.7. The highest BCUT2D eigenvalue weighted by Crippen LogP contribution is 2.23. The van der Waals surface area contributed by atoms with Crippen LogP contribution in [0.15, 0.2) is 23.8 Å². The van der Waals surface area contributed by atoms with Gasteiger partial charge in [-0.25, -0.2) is 0 Å². The zero-order chi connectivity index (χ0) is 22.0. The van der Waals surface area contributed by atoms with Crippen LogP contribution < -0.4 is 0 Å². The summed E-state index contributed by atoms with van der Waals surface area (Å²) in [6.45, 7) is 8.63. The second kappa shape index (κ2) is 12.7. The first-order valence-electron chi connectivity index (χ1n) is 9.52. The molecule has 1 rings (SSSR count). The lowest BCUT2D eigenvalue weighted by Gasteiger charge is -2.39. The van der Waals surface area contributed by atoms with Gasteiger partial charge in [-0.05, 0) is 31.8 Å². The van der Waals surface area contributed by atoms with E-state index in [1.807, 2.05) is 13.0 Å². The quantitative estimate of drug-likeness (QED) is 0.327. The second-order valence-electron chi connectivity index (χ2n) is 7.06. The Hall–Kier alpha value is -1.78. The van der Waals surface area contributed by atoms with Crippen molar-refractivity contribution >= 4 is 11.9 Å². The summed E-state index contributed by atoms with van der Waals surface area (Å²) < 4.78 is 20.6. The highest BCUT2D eigenvalue weighted by molar-refractivity contribution is 5.66. The van der Waals surface area contributed by atoms with Crippen LogP contribution in [0.5, 0.6) is 0 Å². The molecule has 1 heterocycles. The number of ether oxygens (including phenoxy) is 4. The Morgan fingerprint density at radius 2 is 1.66 bits per heavy atom. The molecule has 0 bridgehead atoms. The van der Waals surface area contributed by atoms with Gasteiger partial charge in [-0.15, -0.1) is 0 Å². The minimum Gasteiger partial charge on any atom is -0.463 e. The Morgan fingerprint density at radius 1 is 1.00 bits per heavy atom. The Morgan fingerprint density at radius 3 is 2.28 bits per heavy atom. The smallest absolute Gasteiger partial charge is 0.302 e. The fraction of sp³-hybridized carbons (Fsp3) is 0.700. The molecular formula is C20H32O9. The van der Waals surface area contributed by atoms with Gasteiger partial charge in [0.15, 0.2) is 6.29 Å². The Kier molecular flexibility index (Phi) is 11.1. The molecule has 1 aliphatic rings. The topological polar surface area (TPSA) is 132 Å². The van der Waals surface area contributed by atoms with Crippen molar-refractivity contribution in [2.24, 2.45) is 0 Å². The van der Waals surface area contributed by atoms with Gasteiger partial charge in [0.1, 0.15) is 37.6 Å². The van der Waals surface area contributed by atoms with Crippen molar-refractivity contribution in [2.45, 2.75) is 70.7 Å². The maximum absolute atomic E-state index is 10.9. The second-order valence-corrected chi connectivity index (χ2v) is 7.06.